The summed E-state index contributed by atoms with van der Waals surface area (Å²) in [5.41, 5.74) is 0.497. The minimum absolute atomic E-state index is 0.0638. The third kappa shape index (κ3) is 4.85. The molecule has 0 atom stereocenters. The molecule has 0 radical (unpaired) electrons. The third-order valence-corrected chi connectivity index (χ3v) is 3.01. The molecule has 1 aromatic rings. The maximum absolute atomic E-state index is 11.3. The zero-order chi connectivity index (χ0) is 15.0. The summed E-state index contributed by atoms with van der Waals surface area (Å²) < 4.78 is 11.7. The van der Waals surface area contributed by atoms with Crippen LogP contribution in [0.25, 0.3) is 0 Å². The molecule has 1 N–H and O–H groups in total. The van der Waals surface area contributed by atoms with Crippen LogP contribution in [0.15, 0.2) is 16.6 Å². The smallest absolute Gasteiger partial charge is 0.223 e. The van der Waals surface area contributed by atoms with E-state index >= 15 is 0 Å². The second-order valence-corrected chi connectivity index (χ2v) is 4.79. The molecule has 0 spiro atoms. The highest BCUT2D eigenvalue weighted by atomic mass is 79.9. The quantitative estimate of drug-likeness (QED) is 0.736. The van der Waals surface area contributed by atoms with Crippen molar-refractivity contribution in [3.05, 3.63) is 22.2 Å². The Labute approximate surface area is 126 Å². The topological polar surface area (TPSA) is 64.6 Å². The zero-order valence-corrected chi connectivity index (χ0v) is 13.2. The van der Waals surface area contributed by atoms with Gasteiger partial charge >= 0.3 is 0 Å². The molecule has 0 fully saturated rings. The number of rotatable bonds is 8. The van der Waals surface area contributed by atoms with Gasteiger partial charge in [-0.1, -0.05) is 0 Å². The van der Waals surface area contributed by atoms with Gasteiger partial charge in [0, 0.05) is 12.1 Å². The fourth-order valence-electron chi connectivity index (χ4n) is 1.59. The molecular weight excluding hydrogens is 326 g/mol. The lowest BCUT2D eigenvalue weighted by molar-refractivity contribution is -0.121. The Balaban J connectivity index is 2.77. The Kier molecular flexibility index (Phi) is 7.08. The molecule has 0 saturated heterocycles. The van der Waals surface area contributed by atoms with Crippen LogP contribution in [0.1, 0.15) is 30.6 Å². The predicted molar refractivity (Wildman–Crippen MR) is 79.5 cm³/mol. The molecule has 6 heteroatoms. The van der Waals surface area contributed by atoms with Gasteiger partial charge in [-0.3, -0.25) is 9.59 Å². The summed E-state index contributed by atoms with van der Waals surface area (Å²) in [6.45, 7) is 5.01. The molecule has 0 heterocycles. The number of ether oxygens (including phenoxy) is 2. The molecule has 20 heavy (non-hydrogen) atoms. The van der Waals surface area contributed by atoms with E-state index in [1.165, 1.54) is 0 Å². The molecule has 0 aromatic heterocycles. The van der Waals surface area contributed by atoms with E-state index < -0.39 is 0 Å². The first kappa shape index (κ1) is 16.5. The molecule has 0 aliphatic heterocycles. The summed E-state index contributed by atoms with van der Waals surface area (Å²) in [5, 5.41) is 2.70. The Hall–Kier alpha value is -1.56. The van der Waals surface area contributed by atoms with Gasteiger partial charge in [0.05, 0.1) is 24.1 Å². The van der Waals surface area contributed by atoms with Crippen LogP contribution in [0.2, 0.25) is 0 Å². The number of halogens is 1. The molecule has 1 aromatic carbocycles. The number of hydrogen-bond acceptors (Lipinski definition) is 4. The van der Waals surface area contributed by atoms with Crippen molar-refractivity contribution in [1.29, 1.82) is 0 Å². The number of aldehydes is 1. The van der Waals surface area contributed by atoms with Crippen LogP contribution in [0.5, 0.6) is 11.5 Å². The van der Waals surface area contributed by atoms with E-state index in [1.54, 1.807) is 12.1 Å². The van der Waals surface area contributed by atoms with E-state index in [0.717, 1.165) is 6.29 Å². The number of amides is 1. The highest BCUT2D eigenvalue weighted by Crippen LogP contribution is 2.36. The molecule has 0 aliphatic rings. The Bertz CT molecular complexity index is 476. The lowest BCUT2D eigenvalue weighted by Crippen LogP contribution is -2.24. The number of carbonyl (C=O) groups is 2. The molecule has 0 aliphatic carbocycles. The van der Waals surface area contributed by atoms with Crippen LogP contribution in [0, 0.1) is 0 Å². The number of carbonyl (C=O) groups excluding carboxylic acids is 2. The van der Waals surface area contributed by atoms with Crippen molar-refractivity contribution in [2.45, 2.75) is 20.3 Å². The van der Waals surface area contributed by atoms with Crippen LogP contribution in [0.3, 0.4) is 0 Å². The first-order valence-corrected chi connectivity index (χ1v) is 7.22. The first-order valence-electron chi connectivity index (χ1n) is 6.43. The highest BCUT2D eigenvalue weighted by molar-refractivity contribution is 9.10. The largest absolute Gasteiger partial charge is 0.490 e. The summed E-state index contributed by atoms with van der Waals surface area (Å²) in [6, 6.07) is 3.26. The van der Waals surface area contributed by atoms with Gasteiger partial charge in [0.25, 0.3) is 0 Å². The number of benzene rings is 1. The van der Waals surface area contributed by atoms with Crippen LogP contribution in [-0.2, 0) is 4.79 Å². The van der Waals surface area contributed by atoms with Crippen LogP contribution in [-0.4, -0.2) is 32.0 Å². The summed E-state index contributed by atoms with van der Waals surface area (Å²) in [6.07, 6.45) is 1.01. The average Bonchev–Trinajstić information content (AvgIpc) is 2.42. The fraction of sp³-hybridized carbons (Fsp3) is 0.429. The number of hydrogen-bond donors (Lipinski definition) is 1. The van der Waals surface area contributed by atoms with Gasteiger partial charge < -0.3 is 14.8 Å². The average molecular weight is 344 g/mol. The first-order chi connectivity index (χ1) is 9.62. The Morgan fingerprint density at radius 2 is 2.10 bits per heavy atom. The van der Waals surface area contributed by atoms with Crippen molar-refractivity contribution in [2.24, 2.45) is 0 Å². The standard InChI is InChI=1S/C14H18BrNO4/c1-3-16-13(18)5-6-20-14-11(15)7-10(9-17)8-12(14)19-4-2/h7-9H,3-6H2,1-2H3,(H,16,18). The third-order valence-electron chi connectivity index (χ3n) is 2.42. The summed E-state index contributed by atoms with van der Waals surface area (Å²) in [4.78, 5) is 22.2. The lowest BCUT2D eigenvalue weighted by atomic mass is 10.2. The molecule has 1 rings (SSSR count). The van der Waals surface area contributed by atoms with Crippen molar-refractivity contribution in [3.63, 3.8) is 0 Å². The Morgan fingerprint density at radius 3 is 2.70 bits per heavy atom. The zero-order valence-electron chi connectivity index (χ0n) is 11.6. The second kappa shape index (κ2) is 8.58. The van der Waals surface area contributed by atoms with E-state index in [-0.39, 0.29) is 18.9 Å². The van der Waals surface area contributed by atoms with Gasteiger partial charge in [0.1, 0.15) is 6.29 Å². The predicted octanol–water partition coefficient (Wildman–Crippen LogP) is 2.57. The summed E-state index contributed by atoms with van der Waals surface area (Å²) >= 11 is 3.34. The summed E-state index contributed by atoms with van der Waals surface area (Å²) in [7, 11) is 0. The maximum Gasteiger partial charge on any atom is 0.223 e. The monoisotopic (exact) mass is 343 g/mol. The van der Waals surface area contributed by atoms with Crippen molar-refractivity contribution in [1.82, 2.24) is 5.32 Å². The molecule has 0 unspecified atom stereocenters. The molecule has 1 amide bonds. The van der Waals surface area contributed by atoms with E-state index in [0.29, 0.717) is 34.7 Å². The highest BCUT2D eigenvalue weighted by Gasteiger charge is 2.12. The van der Waals surface area contributed by atoms with Crippen molar-refractivity contribution >= 4 is 28.1 Å². The van der Waals surface area contributed by atoms with Crippen LogP contribution < -0.4 is 14.8 Å². The molecule has 0 saturated carbocycles. The second-order valence-electron chi connectivity index (χ2n) is 3.93. The summed E-state index contributed by atoms with van der Waals surface area (Å²) in [5.74, 6) is 0.924. The van der Waals surface area contributed by atoms with Crippen LogP contribution >= 0.6 is 15.9 Å². The van der Waals surface area contributed by atoms with E-state index in [1.807, 2.05) is 13.8 Å². The van der Waals surface area contributed by atoms with E-state index in [9.17, 15) is 9.59 Å². The number of nitrogens with one attached hydrogen (secondary N) is 1. The fourth-order valence-corrected chi connectivity index (χ4v) is 2.16. The molecule has 0 bridgehead atoms. The van der Waals surface area contributed by atoms with E-state index in [4.69, 9.17) is 9.47 Å². The minimum atomic E-state index is -0.0638. The van der Waals surface area contributed by atoms with Gasteiger partial charge in [-0.15, -0.1) is 0 Å². The molecule has 110 valence electrons. The SMILES string of the molecule is CCNC(=O)CCOc1c(Br)cc(C=O)cc1OCC. The van der Waals surface area contributed by atoms with Gasteiger partial charge in [0.2, 0.25) is 5.91 Å². The minimum Gasteiger partial charge on any atom is -0.490 e. The maximum atomic E-state index is 11.3. The van der Waals surface area contributed by atoms with Crippen LogP contribution in [0.4, 0.5) is 0 Å². The van der Waals surface area contributed by atoms with Gasteiger partial charge in [-0.2, -0.15) is 0 Å². The normalized spacial score (nSPS) is 9.95. The molecular formula is C14H18BrNO4. The lowest BCUT2D eigenvalue weighted by Gasteiger charge is -2.14. The van der Waals surface area contributed by atoms with Crippen molar-refractivity contribution in [3.8, 4) is 11.5 Å². The molecule has 5 nitrogen and oxygen atoms in total. The van der Waals surface area contributed by atoms with Crippen molar-refractivity contribution in [2.75, 3.05) is 19.8 Å². The van der Waals surface area contributed by atoms with Gasteiger partial charge in [-0.05, 0) is 41.9 Å². The van der Waals surface area contributed by atoms with E-state index in [2.05, 4.69) is 21.2 Å². The van der Waals surface area contributed by atoms with Crippen molar-refractivity contribution < 1.29 is 19.1 Å². The Morgan fingerprint density at radius 1 is 1.35 bits per heavy atom. The van der Waals surface area contributed by atoms with Gasteiger partial charge in [0.15, 0.2) is 11.5 Å². The van der Waals surface area contributed by atoms with Gasteiger partial charge in [-0.25, -0.2) is 0 Å².